The first-order valence-corrected chi connectivity index (χ1v) is 7.19. The lowest BCUT2D eigenvalue weighted by Gasteiger charge is -2.23. The van der Waals surface area contributed by atoms with E-state index in [1.807, 2.05) is 44.2 Å². The zero-order chi connectivity index (χ0) is 16.1. The van der Waals surface area contributed by atoms with Crippen LogP contribution in [0.25, 0.3) is 0 Å². The first-order valence-electron chi connectivity index (χ1n) is 7.19. The molecule has 0 radical (unpaired) electrons. The standard InChI is InChI=1S/C18H20O4/c1-12-9-15(17(19)21-3)16(10-13(12)2)18(20)22-11-14-7-5-4-6-8-14/h4-8,10,15H,9,11H2,1-3H3/t15-/m1/s1. The number of hydrogen-bond acceptors (Lipinski definition) is 4. The summed E-state index contributed by atoms with van der Waals surface area (Å²) in [4.78, 5) is 24.2. The second-order valence-electron chi connectivity index (χ2n) is 5.40. The maximum Gasteiger partial charge on any atom is 0.335 e. The Morgan fingerprint density at radius 2 is 1.86 bits per heavy atom. The third-order valence-corrected chi connectivity index (χ3v) is 3.87. The van der Waals surface area contributed by atoms with Gasteiger partial charge >= 0.3 is 11.9 Å². The van der Waals surface area contributed by atoms with E-state index in [0.717, 1.165) is 16.7 Å². The van der Waals surface area contributed by atoms with E-state index in [9.17, 15) is 9.59 Å². The summed E-state index contributed by atoms with van der Waals surface area (Å²) in [5, 5.41) is 0. The third kappa shape index (κ3) is 3.64. The summed E-state index contributed by atoms with van der Waals surface area (Å²) in [6, 6.07) is 9.44. The van der Waals surface area contributed by atoms with Crippen LogP contribution in [-0.2, 0) is 25.7 Å². The molecule has 0 saturated carbocycles. The number of carbonyl (C=O) groups is 2. The van der Waals surface area contributed by atoms with Gasteiger partial charge in [0.1, 0.15) is 6.61 Å². The Balaban J connectivity index is 2.14. The molecule has 0 saturated heterocycles. The molecule has 0 aromatic heterocycles. The van der Waals surface area contributed by atoms with Crippen molar-refractivity contribution in [3.63, 3.8) is 0 Å². The lowest BCUT2D eigenvalue weighted by molar-refractivity contribution is -0.148. The summed E-state index contributed by atoms with van der Waals surface area (Å²) in [6.45, 7) is 4.06. The molecule has 1 aliphatic rings. The molecule has 22 heavy (non-hydrogen) atoms. The van der Waals surface area contributed by atoms with Gasteiger partial charge in [0.15, 0.2) is 0 Å². The molecule has 1 aromatic rings. The third-order valence-electron chi connectivity index (χ3n) is 3.87. The molecule has 1 aliphatic carbocycles. The Kier molecular flexibility index (Phi) is 5.15. The monoisotopic (exact) mass is 300 g/mol. The van der Waals surface area contributed by atoms with Crippen molar-refractivity contribution in [2.45, 2.75) is 26.9 Å². The minimum atomic E-state index is -0.586. The predicted octanol–water partition coefficient (Wildman–Crippen LogP) is 3.19. The van der Waals surface area contributed by atoms with E-state index >= 15 is 0 Å². The largest absolute Gasteiger partial charge is 0.469 e. The van der Waals surface area contributed by atoms with Gasteiger partial charge in [-0.25, -0.2) is 4.79 Å². The van der Waals surface area contributed by atoms with Crippen molar-refractivity contribution in [3.8, 4) is 0 Å². The van der Waals surface area contributed by atoms with Crippen LogP contribution in [0.3, 0.4) is 0 Å². The predicted molar refractivity (Wildman–Crippen MR) is 82.8 cm³/mol. The summed E-state index contributed by atoms with van der Waals surface area (Å²) >= 11 is 0. The van der Waals surface area contributed by atoms with Crippen LogP contribution in [0.4, 0.5) is 0 Å². The van der Waals surface area contributed by atoms with E-state index in [1.165, 1.54) is 7.11 Å². The van der Waals surface area contributed by atoms with Gasteiger partial charge in [-0.2, -0.15) is 0 Å². The fraction of sp³-hybridized carbons (Fsp3) is 0.333. The molecule has 0 unspecified atom stereocenters. The molecule has 0 heterocycles. The van der Waals surface area contributed by atoms with Crippen LogP contribution in [0.1, 0.15) is 25.8 Å². The minimum Gasteiger partial charge on any atom is -0.469 e. The number of hydrogen-bond donors (Lipinski definition) is 0. The Morgan fingerprint density at radius 1 is 1.18 bits per heavy atom. The lowest BCUT2D eigenvalue weighted by Crippen LogP contribution is -2.27. The quantitative estimate of drug-likeness (QED) is 0.801. The van der Waals surface area contributed by atoms with Crippen molar-refractivity contribution in [3.05, 3.63) is 58.7 Å². The highest BCUT2D eigenvalue weighted by molar-refractivity contribution is 5.96. The van der Waals surface area contributed by atoms with Crippen LogP contribution >= 0.6 is 0 Å². The molecule has 116 valence electrons. The molecule has 0 amide bonds. The molecule has 1 atom stereocenters. The number of rotatable bonds is 4. The second kappa shape index (κ2) is 7.07. The molecule has 2 rings (SSSR count). The van der Waals surface area contributed by atoms with Gasteiger partial charge in [-0.1, -0.05) is 41.5 Å². The first-order chi connectivity index (χ1) is 10.5. The van der Waals surface area contributed by atoms with E-state index in [4.69, 9.17) is 9.47 Å². The maximum atomic E-state index is 12.3. The van der Waals surface area contributed by atoms with Gasteiger partial charge in [0.05, 0.1) is 18.6 Å². The molecule has 4 nitrogen and oxygen atoms in total. The van der Waals surface area contributed by atoms with Gasteiger partial charge in [-0.05, 0) is 31.9 Å². The number of methoxy groups -OCH3 is 1. The molecule has 0 aliphatic heterocycles. The van der Waals surface area contributed by atoms with Crippen LogP contribution < -0.4 is 0 Å². The highest BCUT2D eigenvalue weighted by Gasteiger charge is 2.32. The summed E-state index contributed by atoms with van der Waals surface area (Å²) in [5.74, 6) is -1.46. The summed E-state index contributed by atoms with van der Waals surface area (Å²) in [7, 11) is 1.33. The summed E-state index contributed by atoms with van der Waals surface area (Å²) < 4.78 is 10.1. The minimum absolute atomic E-state index is 0.187. The smallest absolute Gasteiger partial charge is 0.335 e. The van der Waals surface area contributed by atoms with Crippen molar-refractivity contribution in [1.29, 1.82) is 0 Å². The van der Waals surface area contributed by atoms with Crippen molar-refractivity contribution >= 4 is 11.9 Å². The average molecular weight is 300 g/mol. The molecule has 4 heteroatoms. The van der Waals surface area contributed by atoms with Crippen molar-refractivity contribution in [2.24, 2.45) is 5.92 Å². The number of ether oxygens (including phenoxy) is 2. The first kappa shape index (κ1) is 16.0. The van der Waals surface area contributed by atoms with Crippen molar-refractivity contribution < 1.29 is 19.1 Å². The highest BCUT2D eigenvalue weighted by atomic mass is 16.5. The molecule has 0 fully saturated rings. The summed E-state index contributed by atoms with van der Waals surface area (Å²) in [6.07, 6.45) is 2.22. The fourth-order valence-corrected chi connectivity index (χ4v) is 2.39. The van der Waals surface area contributed by atoms with Crippen LogP contribution in [0.15, 0.2) is 53.1 Å². The van der Waals surface area contributed by atoms with Gasteiger partial charge in [0.2, 0.25) is 0 Å². The zero-order valence-corrected chi connectivity index (χ0v) is 13.1. The van der Waals surface area contributed by atoms with Gasteiger partial charge in [0.25, 0.3) is 0 Å². The number of carbonyl (C=O) groups excluding carboxylic acids is 2. The Bertz CT molecular complexity index is 626. The number of benzene rings is 1. The Labute approximate surface area is 130 Å². The number of allylic oxidation sites excluding steroid dienone is 3. The van der Waals surface area contributed by atoms with Crippen LogP contribution in [0, 0.1) is 5.92 Å². The van der Waals surface area contributed by atoms with Crippen molar-refractivity contribution in [1.82, 2.24) is 0 Å². The average Bonchev–Trinajstić information content (AvgIpc) is 2.55. The second-order valence-corrected chi connectivity index (χ2v) is 5.40. The Morgan fingerprint density at radius 3 is 2.50 bits per heavy atom. The van der Waals surface area contributed by atoms with E-state index in [2.05, 4.69) is 0 Å². The summed E-state index contributed by atoms with van der Waals surface area (Å²) in [5.41, 5.74) is 3.35. The molecule has 0 spiro atoms. The van der Waals surface area contributed by atoms with Gasteiger partial charge in [-0.15, -0.1) is 0 Å². The van der Waals surface area contributed by atoms with Gasteiger partial charge < -0.3 is 9.47 Å². The van der Waals surface area contributed by atoms with Gasteiger partial charge in [-0.3, -0.25) is 4.79 Å². The molecular weight excluding hydrogens is 280 g/mol. The lowest BCUT2D eigenvalue weighted by atomic mass is 9.84. The molecule has 1 aromatic carbocycles. The van der Waals surface area contributed by atoms with Crippen LogP contribution in [0.5, 0.6) is 0 Å². The van der Waals surface area contributed by atoms with E-state index in [0.29, 0.717) is 12.0 Å². The van der Waals surface area contributed by atoms with Crippen LogP contribution in [-0.4, -0.2) is 19.0 Å². The normalized spacial score (nSPS) is 17.8. The van der Waals surface area contributed by atoms with E-state index in [1.54, 1.807) is 6.08 Å². The van der Waals surface area contributed by atoms with Crippen molar-refractivity contribution in [2.75, 3.05) is 7.11 Å². The molecule has 0 N–H and O–H groups in total. The highest BCUT2D eigenvalue weighted by Crippen LogP contribution is 2.30. The molecule has 0 bridgehead atoms. The van der Waals surface area contributed by atoms with E-state index in [-0.39, 0.29) is 6.61 Å². The Hall–Kier alpha value is -2.36. The van der Waals surface area contributed by atoms with Crippen LogP contribution in [0.2, 0.25) is 0 Å². The van der Waals surface area contributed by atoms with E-state index < -0.39 is 17.9 Å². The van der Waals surface area contributed by atoms with Gasteiger partial charge in [0, 0.05) is 0 Å². The topological polar surface area (TPSA) is 52.6 Å². The molecular formula is C18H20O4. The maximum absolute atomic E-state index is 12.3. The fourth-order valence-electron chi connectivity index (χ4n) is 2.39. The SMILES string of the molecule is COC(=O)[C@@H]1CC(C)=C(C)C=C1C(=O)OCc1ccccc1. The number of esters is 2. The zero-order valence-electron chi connectivity index (χ0n) is 13.1.